The van der Waals surface area contributed by atoms with Gasteiger partial charge in [0.15, 0.2) is 11.5 Å². The molecule has 3 rings (SSSR count). The van der Waals surface area contributed by atoms with Crippen molar-refractivity contribution in [2.45, 2.75) is 58.2 Å². The van der Waals surface area contributed by atoms with Crippen LogP contribution < -0.4 is 19.5 Å². The molecule has 0 aromatic heterocycles. The summed E-state index contributed by atoms with van der Waals surface area (Å²) in [6.45, 7) is 4.29. The van der Waals surface area contributed by atoms with Gasteiger partial charge in [0, 0.05) is 25.4 Å². The van der Waals surface area contributed by atoms with E-state index in [2.05, 4.69) is 5.32 Å². The van der Waals surface area contributed by atoms with Gasteiger partial charge in [-0.25, -0.2) is 0 Å². The van der Waals surface area contributed by atoms with Crippen molar-refractivity contribution in [1.82, 2.24) is 10.2 Å². The maximum Gasteiger partial charge on any atom is 0.243 e. The molecule has 0 bridgehead atoms. The molecule has 2 atom stereocenters. The number of methoxy groups -OCH3 is 3. The third-order valence-electron chi connectivity index (χ3n) is 6.83. The normalized spacial score (nSPS) is 12.2. The predicted molar refractivity (Wildman–Crippen MR) is 153 cm³/mol. The van der Waals surface area contributed by atoms with Gasteiger partial charge < -0.3 is 24.4 Å². The van der Waals surface area contributed by atoms with Crippen molar-refractivity contribution in [3.05, 3.63) is 89.5 Å². The summed E-state index contributed by atoms with van der Waals surface area (Å²) in [6, 6.07) is 22.4. The molecule has 0 unspecified atom stereocenters. The van der Waals surface area contributed by atoms with E-state index in [0.29, 0.717) is 30.1 Å². The quantitative estimate of drug-likeness (QED) is 0.309. The Hall–Kier alpha value is -4.00. The Balaban J connectivity index is 1.93. The van der Waals surface area contributed by atoms with E-state index in [0.717, 1.165) is 23.1 Å². The molecule has 1 N–H and O–H groups in total. The highest BCUT2D eigenvalue weighted by molar-refractivity contribution is 5.88. The monoisotopic (exact) mass is 532 g/mol. The minimum absolute atomic E-state index is 0.00342. The number of amides is 2. The van der Waals surface area contributed by atoms with E-state index in [1.54, 1.807) is 26.2 Å². The van der Waals surface area contributed by atoms with Gasteiger partial charge in [-0.05, 0) is 60.7 Å². The lowest BCUT2D eigenvalue weighted by Gasteiger charge is -2.32. The van der Waals surface area contributed by atoms with E-state index < -0.39 is 6.04 Å². The van der Waals surface area contributed by atoms with Crippen LogP contribution in [0.3, 0.4) is 0 Å². The summed E-state index contributed by atoms with van der Waals surface area (Å²) in [5.74, 6) is 1.69. The van der Waals surface area contributed by atoms with Gasteiger partial charge in [-0.15, -0.1) is 0 Å². The number of hydrogen-bond acceptors (Lipinski definition) is 5. The van der Waals surface area contributed by atoms with Gasteiger partial charge in [-0.1, -0.05) is 55.5 Å². The number of benzene rings is 3. The maximum absolute atomic E-state index is 13.9. The molecule has 0 aliphatic rings. The lowest BCUT2D eigenvalue weighted by molar-refractivity contribution is -0.141. The fourth-order valence-corrected chi connectivity index (χ4v) is 4.39. The van der Waals surface area contributed by atoms with Crippen LogP contribution in [0.4, 0.5) is 0 Å². The van der Waals surface area contributed by atoms with Crippen molar-refractivity contribution < 1.29 is 23.8 Å². The molecule has 3 aromatic rings. The average Bonchev–Trinajstić information content (AvgIpc) is 2.97. The Morgan fingerprint density at radius 1 is 0.821 bits per heavy atom. The molecule has 0 fully saturated rings. The Labute approximate surface area is 232 Å². The van der Waals surface area contributed by atoms with Crippen molar-refractivity contribution >= 4 is 11.8 Å². The summed E-state index contributed by atoms with van der Waals surface area (Å²) in [5.41, 5.74) is 2.83. The SMILES string of the molecule is CC[C@@H](C)NC(=O)[C@H](Cc1ccccc1)N(Cc1cccc(OC)c1)C(=O)CCc1ccc(OC)c(OC)c1. The van der Waals surface area contributed by atoms with Gasteiger partial charge in [-0.3, -0.25) is 9.59 Å². The smallest absolute Gasteiger partial charge is 0.243 e. The number of nitrogens with one attached hydrogen (secondary N) is 1. The second-order valence-corrected chi connectivity index (χ2v) is 9.59. The Bertz CT molecular complexity index is 1210. The van der Waals surface area contributed by atoms with Crippen LogP contribution in [0, 0.1) is 0 Å². The van der Waals surface area contributed by atoms with Crippen LogP contribution in [0.2, 0.25) is 0 Å². The minimum Gasteiger partial charge on any atom is -0.497 e. The second-order valence-electron chi connectivity index (χ2n) is 9.59. The molecule has 0 saturated heterocycles. The topological polar surface area (TPSA) is 77.1 Å². The number of ether oxygens (including phenoxy) is 3. The molecule has 39 heavy (non-hydrogen) atoms. The van der Waals surface area contributed by atoms with Gasteiger partial charge >= 0.3 is 0 Å². The molecule has 0 heterocycles. The van der Waals surface area contributed by atoms with Crippen LogP contribution >= 0.6 is 0 Å². The molecular weight excluding hydrogens is 492 g/mol. The van der Waals surface area contributed by atoms with Crippen LogP contribution in [-0.4, -0.2) is 50.1 Å². The van der Waals surface area contributed by atoms with Crippen molar-refractivity contribution in [2.24, 2.45) is 0 Å². The van der Waals surface area contributed by atoms with Gasteiger partial charge in [0.2, 0.25) is 11.8 Å². The molecule has 7 nitrogen and oxygen atoms in total. The molecule has 208 valence electrons. The number of aryl methyl sites for hydroxylation is 1. The molecule has 0 spiro atoms. The fourth-order valence-electron chi connectivity index (χ4n) is 4.39. The Kier molecular flexibility index (Phi) is 11.2. The number of carbonyl (C=O) groups is 2. The summed E-state index contributed by atoms with van der Waals surface area (Å²) in [6.07, 6.45) is 1.95. The lowest BCUT2D eigenvalue weighted by Crippen LogP contribution is -2.52. The molecule has 0 aliphatic carbocycles. The van der Waals surface area contributed by atoms with E-state index >= 15 is 0 Å². The van der Waals surface area contributed by atoms with Gasteiger partial charge in [0.05, 0.1) is 21.3 Å². The largest absolute Gasteiger partial charge is 0.497 e. The van der Waals surface area contributed by atoms with E-state index in [-0.39, 0.29) is 30.8 Å². The minimum atomic E-state index is -0.675. The first-order valence-electron chi connectivity index (χ1n) is 13.4. The van der Waals surface area contributed by atoms with Crippen molar-refractivity contribution in [3.63, 3.8) is 0 Å². The fraction of sp³-hybridized carbons (Fsp3) is 0.375. The maximum atomic E-state index is 13.9. The van der Waals surface area contributed by atoms with E-state index in [1.165, 1.54) is 0 Å². The summed E-state index contributed by atoms with van der Waals surface area (Å²) in [5, 5.41) is 3.11. The van der Waals surface area contributed by atoms with Gasteiger partial charge in [0.25, 0.3) is 0 Å². The Morgan fingerprint density at radius 2 is 1.54 bits per heavy atom. The van der Waals surface area contributed by atoms with E-state index in [9.17, 15) is 9.59 Å². The highest BCUT2D eigenvalue weighted by Gasteiger charge is 2.31. The lowest BCUT2D eigenvalue weighted by atomic mass is 10.0. The predicted octanol–water partition coefficient (Wildman–Crippen LogP) is 5.20. The summed E-state index contributed by atoms with van der Waals surface area (Å²) in [7, 11) is 4.80. The number of nitrogens with zero attached hydrogens (tertiary/aromatic N) is 1. The van der Waals surface area contributed by atoms with Crippen molar-refractivity contribution in [2.75, 3.05) is 21.3 Å². The molecule has 0 saturated carbocycles. The zero-order valence-electron chi connectivity index (χ0n) is 23.6. The highest BCUT2D eigenvalue weighted by Crippen LogP contribution is 2.28. The first kappa shape index (κ1) is 29.6. The summed E-state index contributed by atoms with van der Waals surface area (Å²) < 4.78 is 16.2. The van der Waals surface area contributed by atoms with Gasteiger partial charge in [0.1, 0.15) is 11.8 Å². The Morgan fingerprint density at radius 3 is 2.21 bits per heavy atom. The summed E-state index contributed by atoms with van der Waals surface area (Å²) >= 11 is 0. The van der Waals surface area contributed by atoms with Crippen LogP contribution in [0.15, 0.2) is 72.8 Å². The molecule has 3 aromatic carbocycles. The van der Waals surface area contributed by atoms with Crippen molar-refractivity contribution in [1.29, 1.82) is 0 Å². The number of hydrogen-bond donors (Lipinski definition) is 1. The van der Waals surface area contributed by atoms with E-state index in [1.807, 2.05) is 86.6 Å². The highest BCUT2D eigenvalue weighted by atomic mass is 16.5. The van der Waals surface area contributed by atoms with Crippen LogP contribution in [0.1, 0.15) is 43.4 Å². The standard InChI is InChI=1S/C32H40N2O5/c1-6-23(2)33-32(36)28(20-24-11-8-7-9-12-24)34(22-26-13-10-14-27(19-26)37-3)31(35)18-16-25-15-17-29(38-4)30(21-25)39-5/h7-15,17,19,21,23,28H,6,16,18,20,22H2,1-5H3,(H,33,36)/t23-,28+/m1/s1. The first-order chi connectivity index (χ1) is 18.9. The summed E-state index contributed by atoms with van der Waals surface area (Å²) in [4.78, 5) is 29.3. The van der Waals surface area contributed by atoms with Crippen LogP contribution in [0.25, 0.3) is 0 Å². The zero-order valence-corrected chi connectivity index (χ0v) is 23.6. The van der Waals surface area contributed by atoms with Crippen LogP contribution in [0.5, 0.6) is 17.2 Å². The zero-order chi connectivity index (χ0) is 28.2. The van der Waals surface area contributed by atoms with Crippen molar-refractivity contribution in [3.8, 4) is 17.2 Å². The van der Waals surface area contributed by atoms with E-state index in [4.69, 9.17) is 14.2 Å². The number of carbonyl (C=O) groups excluding carboxylic acids is 2. The third-order valence-corrected chi connectivity index (χ3v) is 6.83. The molecular formula is C32H40N2O5. The first-order valence-corrected chi connectivity index (χ1v) is 13.4. The average molecular weight is 533 g/mol. The molecule has 0 radical (unpaired) electrons. The third kappa shape index (κ3) is 8.50. The van der Waals surface area contributed by atoms with Crippen LogP contribution in [-0.2, 0) is 29.0 Å². The van der Waals surface area contributed by atoms with Gasteiger partial charge in [-0.2, -0.15) is 0 Å². The number of rotatable bonds is 14. The second kappa shape index (κ2) is 14.8. The molecule has 0 aliphatic heterocycles. The molecule has 7 heteroatoms. The molecule has 2 amide bonds.